The minimum absolute atomic E-state index is 0.331. The van der Waals surface area contributed by atoms with Gasteiger partial charge in [-0.25, -0.2) is 9.59 Å². The smallest absolute Gasteiger partial charge is 0.429 e. The number of alkyl halides is 4. The molecule has 0 atom stereocenters. The predicted molar refractivity (Wildman–Crippen MR) is 47.9 cm³/mol. The van der Waals surface area contributed by atoms with E-state index in [-0.39, 0.29) is 13.2 Å². The zero-order valence-electron chi connectivity index (χ0n) is 8.56. The highest BCUT2D eigenvalue weighted by Crippen LogP contribution is 2.38. The van der Waals surface area contributed by atoms with Gasteiger partial charge in [-0.05, 0) is 13.8 Å². The Labute approximate surface area is 94.6 Å². The van der Waals surface area contributed by atoms with Crippen LogP contribution in [-0.2, 0) is 19.1 Å². The Bertz CT molecular complexity index is 259. The quantitative estimate of drug-likeness (QED) is 0.439. The van der Waals surface area contributed by atoms with Crippen LogP contribution in [0.1, 0.15) is 13.8 Å². The molecule has 0 spiro atoms. The summed E-state index contributed by atoms with van der Waals surface area (Å²) in [6.07, 6.45) is -5.28. The van der Waals surface area contributed by atoms with E-state index in [1.807, 2.05) is 0 Å². The molecule has 0 saturated carbocycles. The minimum Gasteiger partial charge on any atom is -0.464 e. The lowest BCUT2D eigenvalue weighted by Gasteiger charge is -2.24. The Morgan fingerprint density at radius 3 is 1.56 bits per heavy atom. The molecule has 0 saturated heterocycles. The highest BCUT2D eigenvalue weighted by Gasteiger charge is 2.67. The molecule has 0 aliphatic carbocycles. The van der Waals surface area contributed by atoms with Gasteiger partial charge >= 0.3 is 23.0 Å². The Balaban J connectivity index is 5.20. The predicted octanol–water partition coefficient (Wildman–Crippen LogP) is 1.65. The van der Waals surface area contributed by atoms with E-state index in [9.17, 15) is 22.8 Å². The summed E-state index contributed by atoms with van der Waals surface area (Å²) in [5, 5.41) is 0. The molecule has 0 aliphatic heterocycles. The molecule has 0 fully saturated rings. The molecule has 0 heterocycles. The van der Waals surface area contributed by atoms with Crippen molar-refractivity contribution in [2.24, 2.45) is 0 Å². The van der Waals surface area contributed by atoms with Crippen LogP contribution in [0.5, 0.6) is 0 Å². The fraction of sp³-hybridized carbons (Fsp3) is 0.750. The van der Waals surface area contributed by atoms with Crippen molar-refractivity contribution >= 4 is 23.5 Å². The second kappa shape index (κ2) is 5.38. The summed E-state index contributed by atoms with van der Waals surface area (Å²) >= 11 is 5.00. The number of rotatable bonds is 4. The lowest BCUT2D eigenvalue weighted by atomic mass is 10.1. The second-order valence-corrected chi connectivity index (χ2v) is 3.16. The largest absolute Gasteiger partial charge is 0.464 e. The summed E-state index contributed by atoms with van der Waals surface area (Å²) in [5.41, 5.74) is 0. The number of carbonyl (C=O) groups excluding carboxylic acids is 2. The van der Waals surface area contributed by atoms with Gasteiger partial charge in [-0.3, -0.25) is 0 Å². The van der Waals surface area contributed by atoms with Gasteiger partial charge in [-0.15, -0.1) is 0 Å². The van der Waals surface area contributed by atoms with Gasteiger partial charge in [0.2, 0.25) is 0 Å². The maximum absolute atomic E-state index is 12.5. The normalized spacial score (nSPS) is 12.1. The molecule has 94 valence electrons. The summed E-state index contributed by atoms with van der Waals surface area (Å²) in [6, 6.07) is 0. The summed E-state index contributed by atoms with van der Waals surface area (Å²) in [5.74, 6) is -3.77. The standard InChI is InChI=1S/C8H10ClF3O4/c1-3-15-5(13)7(9,8(10,11)12)6(14)16-4-2/h3-4H2,1-2H3. The Hall–Kier alpha value is -0.980. The van der Waals surface area contributed by atoms with Crippen molar-refractivity contribution in [3.63, 3.8) is 0 Å². The van der Waals surface area contributed by atoms with Crippen molar-refractivity contribution in [3.8, 4) is 0 Å². The van der Waals surface area contributed by atoms with Crippen LogP contribution < -0.4 is 0 Å². The van der Waals surface area contributed by atoms with Crippen molar-refractivity contribution in [1.82, 2.24) is 0 Å². The van der Waals surface area contributed by atoms with Crippen molar-refractivity contribution in [2.75, 3.05) is 13.2 Å². The van der Waals surface area contributed by atoms with Crippen molar-refractivity contribution in [2.45, 2.75) is 24.9 Å². The number of hydrogen-bond donors (Lipinski definition) is 0. The van der Waals surface area contributed by atoms with Crippen LogP contribution in [0.15, 0.2) is 0 Å². The van der Waals surface area contributed by atoms with Gasteiger partial charge in [-0.2, -0.15) is 13.2 Å². The number of esters is 2. The first-order valence-electron chi connectivity index (χ1n) is 4.31. The minimum atomic E-state index is -5.28. The fourth-order valence-electron chi connectivity index (χ4n) is 0.776. The van der Waals surface area contributed by atoms with Crippen LogP contribution >= 0.6 is 11.6 Å². The van der Waals surface area contributed by atoms with Crippen molar-refractivity contribution in [1.29, 1.82) is 0 Å². The fourth-order valence-corrected chi connectivity index (χ4v) is 0.885. The average molecular weight is 263 g/mol. The summed E-state index contributed by atoms with van der Waals surface area (Å²) in [6.45, 7) is 1.92. The van der Waals surface area contributed by atoms with Gasteiger partial charge < -0.3 is 9.47 Å². The highest BCUT2D eigenvalue weighted by atomic mass is 35.5. The molecule has 0 aromatic carbocycles. The average Bonchev–Trinajstić information content (AvgIpc) is 2.15. The zero-order valence-corrected chi connectivity index (χ0v) is 9.31. The molecule has 4 nitrogen and oxygen atoms in total. The Kier molecular flexibility index (Phi) is 5.05. The molecule has 0 unspecified atom stereocenters. The molecule has 16 heavy (non-hydrogen) atoms. The van der Waals surface area contributed by atoms with Crippen molar-refractivity contribution in [3.05, 3.63) is 0 Å². The lowest BCUT2D eigenvalue weighted by molar-refractivity contribution is -0.200. The number of halogens is 4. The lowest BCUT2D eigenvalue weighted by Crippen LogP contribution is -2.55. The van der Waals surface area contributed by atoms with E-state index >= 15 is 0 Å². The van der Waals surface area contributed by atoms with E-state index in [1.165, 1.54) is 13.8 Å². The van der Waals surface area contributed by atoms with Gasteiger partial charge in [0.25, 0.3) is 0 Å². The molecular formula is C8H10ClF3O4. The molecule has 0 aromatic heterocycles. The third-order valence-electron chi connectivity index (χ3n) is 1.50. The Morgan fingerprint density at radius 2 is 1.38 bits per heavy atom. The van der Waals surface area contributed by atoms with E-state index in [2.05, 4.69) is 9.47 Å². The SMILES string of the molecule is CCOC(=O)C(Cl)(C(=O)OCC)C(F)(F)F. The van der Waals surface area contributed by atoms with Gasteiger partial charge in [0.05, 0.1) is 13.2 Å². The number of hydrogen-bond acceptors (Lipinski definition) is 4. The molecular weight excluding hydrogens is 253 g/mol. The maximum atomic E-state index is 12.5. The Morgan fingerprint density at radius 1 is 1.06 bits per heavy atom. The topological polar surface area (TPSA) is 52.6 Å². The molecule has 0 aromatic rings. The molecule has 0 aliphatic rings. The first-order chi connectivity index (χ1) is 7.21. The van der Waals surface area contributed by atoms with E-state index in [0.717, 1.165) is 0 Å². The van der Waals surface area contributed by atoms with Crippen LogP contribution in [0.3, 0.4) is 0 Å². The zero-order chi connectivity index (χ0) is 13.0. The van der Waals surface area contributed by atoms with Crippen LogP contribution in [0.25, 0.3) is 0 Å². The second-order valence-electron chi connectivity index (χ2n) is 2.60. The molecule has 8 heteroatoms. The monoisotopic (exact) mass is 262 g/mol. The van der Waals surface area contributed by atoms with E-state index in [4.69, 9.17) is 11.6 Å². The van der Waals surface area contributed by atoms with Crippen LogP contribution in [0.4, 0.5) is 13.2 Å². The van der Waals surface area contributed by atoms with Gasteiger partial charge in [0, 0.05) is 0 Å². The summed E-state index contributed by atoms with van der Waals surface area (Å²) < 4.78 is 45.8. The first-order valence-corrected chi connectivity index (χ1v) is 4.69. The first kappa shape index (κ1) is 15.0. The molecule has 0 radical (unpaired) electrons. The maximum Gasteiger partial charge on any atom is 0.429 e. The molecule has 0 rings (SSSR count). The third-order valence-corrected chi connectivity index (χ3v) is 2.03. The number of ether oxygens (including phenoxy) is 2. The van der Waals surface area contributed by atoms with Crippen LogP contribution in [0.2, 0.25) is 0 Å². The molecule has 0 bridgehead atoms. The summed E-state index contributed by atoms with van der Waals surface area (Å²) in [4.78, 5) is 18.3. The highest BCUT2D eigenvalue weighted by molar-refractivity contribution is 6.45. The van der Waals surface area contributed by atoms with E-state index in [1.54, 1.807) is 0 Å². The van der Waals surface area contributed by atoms with Crippen LogP contribution in [-0.4, -0.2) is 36.2 Å². The molecule has 0 N–H and O–H groups in total. The van der Waals surface area contributed by atoms with Gasteiger partial charge in [0.1, 0.15) is 0 Å². The van der Waals surface area contributed by atoms with Gasteiger partial charge in [0.15, 0.2) is 0 Å². The van der Waals surface area contributed by atoms with Crippen molar-refractivity contribution < 1.29 is 32.2 Å². The molecule has 0 amide bonds. The van der Waals surface area contributed by atoms with Crippen LogP contribution in [0, 0.1) is 0 Å². The summed E-state index contributed by atoms with van der Waals surface area (Å²) in [7, 11) is 0. The third kappa shape index (κ3) is 2.78. The van der Waals surface area contributed by atoms with E-state index in [0.29, 0.717) is 0 Å². The van der Waals surface area contributed by atoms with E-state index < -0.39 is 23.0 Å². The van der Waals surface area contributed by atoms with Gasteiger partial charge in [-0.1, -0.05) is 11.6 Å². The number of carbonyl (C=O) groups is 2.